The lowest BCUT2D eigenvalue weighted by molar-refractivity contribution is 0.590. The highest BCUT2D eigenvalue weighted by Gasteiger charge is 2.31. The second kappa shape index (κ2) is 5.69. The normalized spacial score (nSPS) is 22.7. The summed E-state index contributed by atoms with van der Waals surface area (Å²) in [4.78, 5) is 1.88. The number of nitrogens with two attached hydrogens (primary N) is 1. The molecule has 0 radical (unpaired) electrons. The van der Waals surface area contributed by atoms with Crippen LogP contribution >= 0.6 is 0 Å². The molecule has 0 bridgehead atoms. The van der Waals surface area contributed by atoms with E-state index in [2.05, 4.69) is 0 Å². The molecule has 4 nitrogen and oxygen atoms in total. The lowest BCUT2D eigenvalue weighted by atomic mass is 10.0. The second-order valence-corrected chi connectivity index (χ2v) is 7.82. The van der Waals surface area contributed by atoms with Gasteiger partial charge in [0.1, 0.15) is 5.82 Å². The van der Waals surface area contributed by atoms with Crippen molar-refractivity contribution in [1.29, 1.82) is 0 Å². The third-order valence-corrected chi connectivity index (χ3v) is 5.51. The van der Waals surface area contributed by atoms with Gasteiger partial charge in [-0.3, -0.25) is 0 Å². The van der Waals surface area contributed by atoms with Gasteiger partial charge in [0.25, 0.3) is 0 Å². The molecule has 2 unspecified atom stereocenters. The fraction of sp³-hybridized carbons (Fsp3) is 0.571. The van der Waals surface area contributed by atoms with E-state index in [4.69, 9.17) is 5.73 Å². The summed E-state index contributed by atoms with van der Waals surface area (Å²) < 4.78 is 37.2. The Morgan fingerprint density at radius 1 is 1.50 bits per heavy atom. The van der Waals surface area contributed by atoms with Crippen molar-refractivity contribution >= 4 is 15.5 Å². The van der Waals surface area contributed by atoms with Gasteiger partial charge in [0.15, 0.2) is 9.84 Å². The topological polar surface area (TPSA) is 63.4 Å². The fourth-order valence-electron chi connectivity index (χ4n) is 2.68. The maximum atomic E-state index is 14.0. The van der Waals surface area contributed by atoms with Gasteiger partial charge < -0.3 is 10.6 Å². The van der Waals surface area contributed by atoms with Gasteiger partial charge in [-0.05, 0) is 31.9 Å². The molecule has 6 heteroatoms. The fourth-order valence-corrected chi connectivity index (χ4v) is 4.45. The Bertz CT molecular complexity index is 587. The van der Waals surface area contributed by atoms with Crippen LogP contribution in [0.3, 0.4) is 0 Å². The highest BCUT2D eigenvalue weighted by atomic mass is 32.2. The molecule has 2 atom stereocenters. The Kier molecular flexibility index (Phi) is 4.34. The minimum Gasteiger partial charge on any atom is -0.370 e. The molecule has 1 aromatic carbocycles. The van der Waals surface area contributed by atoms with Gasteiger partial charge in [-0.15, -0.1) is 0 Å². The van der Waals surface area contributed by atoms with Gasteiger partial charge in [-0.1, -0.05) is 6.07 Å². The zero-order valence-electron chi connectivity index (χ0n) is 11.8. The summed E-state index contributed by atoms with van der Waals surface area (Å²) in [6.45, 7) is 1.83. The number of rotatable bonds is 4. The number of hydrogen-bond donors (Lipinski definition) is 1. The molecule has 1 fully saturated rings. The van der Waals surface area contributed by atoms with Crippen LogP contribution in [0.2, 0.25) is 0 Å². The van der Waals surface area contributed by atoms with Crippen molar-refractivity contribution in [2.24, 2.45) is 5.73 Å². The molecule has 2 N–H and O–H groups in total. The third kappa shape index (κ3) is 3.30. The van der Waals surface area contributed by atoms with Crippen molar-refractivity contribution in [2.75, 3.05) is 23.5 Å². The number of benzene rings is 1. The highest BCUT2D eigenvalue weighted by Crippen LogP contribution is 2.28. The summed E-state index contributed by atoms with van der Waals surface area (Å²) in [6.07, 6.45) is 1.03. The average Bonchev–Trinajstić information content (AvgIpc) is 2.71. The highest BCUT2D eigenvalue weighted by molar-refractivity contribution is 7.91. The number of sulfone groups is 1. The standard InChI is InChI=1S/C14H21FN2O2S/c1-10(16)8-12-13(15)4-3-5-14(12)17(2)11-6-7-20(18,19)9-11/h3-5,10-11H,6-9,16H2,1-2H3. The molecule has 0 aliphatic carbocycles. The number of nitrogens with zero attached hydrogens (tertiary/aromatic N) is 1. The summed E-state index contributed by atoms with van der Waals surface area (Å²) in [5.41, 5.74) is 7.08. The van der Waals surface area contributed by atoms with Crippen molar-refractivity contribution in [2.45, 2.75) is 31.8 Å². The maximum absolute atomic E-state index is 14.0. The van der Waals surface area contributed by atoms with E-state index in [1.54, 1.807) is 6.07 Å². The van der Waals surface area contributed by atoms with E-state index in [-0.39, 0.29) is 29.4 Å². The summed E-state index contributed by atoms with van der Waals surface area (Å²) in [6, 6.07) is 4.65. The van der Waals surface area contributed by atoms with Gasteiger partial charge in [0.05, 0.1) is 11.5 Å². The molecule has 0 spiro atoms. The van der Waals surface area contributed by atoms with Crippen LogP contribution in [0.5, 0.6) is 0 Å². The number of halogens is 1. The minimum atomic E-state index is -2.95. The first-order chi connectivity index (χ1) is 9.30. The van der Waals surface area contributed by atoms with E-state index < -0.39 is 9.84 Å². The van der Waals surface area contributed by atoms with Crippen LogP contribution in [0.15, 0.2) is 18.2 Å². The molecule has 1 saturated heterocycles. The smallest absolute Gasteiger partial charge is 0.152 e. The molecule has 1 heterocycles. The SMILES string of the molecule is CC(N)Cc1c(F)cccc1N(C)C1CCS(=O)(=O)C1. The Hall–Kier alpha value is -1.14. The van der Waals surface area contributed by atoms with E-state index >= 15 is 0 Å². The predicted octanol–water partition coefficient (Wildman–Crippen LogP) is 1.34. The largest absolute Gasteiger partial charge is 0.370 e. The van der Waals surface area contributed by atoms with Gasteiger partial charge in [-0.2, -0.15) is 0 Å². The van der Waals surface area contributed by atoms with Gasteiger partial charge >= 0.3 is 0 Å². The van der Waals surface area contributed by atoms with E-state index in [9.17, 15) is 12.8 Å². The molecule has 0 amide bonds. The van der Waals surface area contributed by atoms with E-state index in [0.29, 0.717) is 18.4 Å². The monoisotopic (exact) mass is 300 g/mol. The molecule has 0 aromatic heterocycles. The van der Waals surface area contributed by atoms with E-state index in [1.165, 1.54) is 6.07 Å². The molecule has 1 aromatic rings. The molecule has 2 rings (SSSR count). The van der Waals surface area contributed by atoms with E-state index in [1.807, 2.05) is 24.9 Å². The van der Waals surface area contributed by atoms with Crippen LogP contribution in [0.4, 0.5) is 10.1 Å². The minimum absolute atomic E-state index is 0.0892. The zero-order valence-corrected chi connectivity index (χ0v) is 12.7. The Labute approximate surface area is 119 Å². The first kappa shape index (κ1) is 15.3. The molecular formula is C14H21FN2O2S. The maximum Gasteiger partial charge on any atom is 0.152 e. The van der Waals surface area contributed by atoms with Crippen molar-refractivity contribution in [3.05, 3.63) is 29.6 Å². The number of anilines is 1. The molecule has 0 saturated carbocycles. The van der Waals surface area contributed by atoms with Crippen LogP contribution in [-0.4, -0.2) is 39.1 Å². The molecule has 1 aliphatic heterocycles. The van der Waals surface area contributed by atoms with Crippen LogP contribution in [0.1, 0.15) is 18.9 Å². The lowest BCUT2D eigenvalue weighted by Gasteiger charge is -2.28. The third-order valence-electron chi connectivity index (χ3n) is 3.76. The average molecular weight is 300 g/mol. The van der Waals surface area contributed by atoms with Gasteiger partial charge in [0.2, 0.25) is 0 Å². The molecular weight excluding hydrogens is 279 g/mol. The van der Waals surface area contributed by atoms with Crippen LogP contribution in [-0.2, 0) is 16.3 Å². The number of hydrogen-bond acceptors (Lipinski definition) is 4. The van der Waals surface area contributed by atoms with Crippen molar-refractivity contribution in [1.82, 2.24) is 0 Å². The zero-order chi connectivity index (χ0) is 14.9. The Morgan fingerprint density at radius 2 is 2.20 bits per heavy atom. The Balaban J connectivity index is 2.30. The Morgan fingerprint density at radius 3 is 2.75 bits per heavy atom. The van der Waals surface area contributed by atoms with Gasteiger partial charge in [-0.25, -0.2) is 12.8 Å². The summed E-state index contributed by atoms with van der Waals surface area (Å²) in [5, 5.41) is 0. The second-order valence-electron chi connectivity index (χ2n) is 5.59. The van der Waals surface area contributed by atoms with Crippen LogP contribution in [0.25, 0.3) is 0 Å². The molecule has 20 heavy (non-hydrogen) atoms. The van der Waals surface area contributed by atoms with Crippen molar-refractivity contribution in [3.63, 3.8) is 0 Å². The first-order valence-corrected chi connectivity index (χ1v) is 8.58. The summed E-state index contributed by atoms with van der Waals surface area (Å²) >= 11 is 0. The summed E-state index contributed by atoms with van der Waals surface area (Å²) in [7, 11) is -1.13. The predicted molar refractivity (Wildman–Crippen MR) is 79.2 cm³/mol. The summed E-state index contributed by atoms with van der Waals surface area (Å²) in [5.74, 6) is 0.0601. The lowest BCUT2D eigenvalue weighted by Crippen LogP contribution is -2.34. The molecule has 1 aliphatic rings. The van der Waals surface area contributed by atoms with Crippen LogP contribution < -0.4 is 10.6 Å². The van der Waals surface area contributed by atoms with Gasteiger partial charge in [0, 0.05) is 30.4 Å². The first-order valence-electron chi connectivity index (χ1n) is 6.76. The molecule has 112 valence electrons. The van der Waals surface area contributed by atoms with E-state index in [0.717, 1.165) is 5.69 Å². The quantitative estimate of drug-likeness (QED) is 0.911. The van der Waals surface area contributed by atoms with Crippen molar-refractivity contribution < 1.29 is 12.8 Å². The van der Waals surface area contributed by atoms with Crippen LogP contribution in [0, 0.1) is 5.82 Å². The van der Waals surface area contributed by atoms with Crippen molar-refractivity contribution in [3.8, 4) is 0 Å².